The molecule has 2 atom stereocenters. The summed E-state index contributed by atoms with van der Waals surface area (Å²) >= 11 is 0. The Morgan fingerprint density at radius 2 is 2.47 bits per heavy atom. The summed E-state index contributed by atoms with van der Waals surface area (Å²) in [6.07, 6.45) is 4.81. The van der Waals surface area contributed by atoms with Gasteiger partial charge in [0.25, 0.3) is 0 Å². The van der Waals surface area contributed by atoms with Crippen molar-refractivity contribution < 1.29 is 19.1 Å². The molecule has 1 aromatic heterocycles. The number of aromatic carboxylic acids is 1. The molecule has 5 heteroatoms. The number of rotatable bonds is 5. The van der Waals surface area contributed by atoms with Gasteiger partial charge in [-0.1, -0.05) is 0 Å². The number of carboxylic acid groups (broad SMARTS) is 1. The summed E-state index contributed by atoms with van der Waals surface area (Å²) in [7, 11) is 1.72. The molecule has 1 aliphatic carbocycles. The highest BCUT2D eigenvalue weighted by Gasteiger charge is 2.24. The second-order valence-corrected chi connectivity index (χ2v) is 4.31. The minimum absolute atomic E-state index is 0.235. The van der Waals surface area contributed by atoms with Crippen LogP contribution in [0.15, 0.2) is 16.7 Å². The summed E-state index contributed by atoms with van der Waals surface area (Å²) in [6, 6.07) is 1.86. The smallest absolute Gasteiger partial charge is 0.339 e. The second-order valence-electron chi connectivity index (χ2n) is 4.31. The van der Waals surface area contributed by atoms with E-state index in [4.69, 9.17) is 14.3 Å². The molecule has 0 amide bonds. The van der Waals surface area contributed by atoms with Crippen LogP contribution < -0.4 is 5.32 Å². The third-order valence-corrected chi connectivity index (χ3v) is 3.24. The molecular formula is C12H17NO4. The summed E-state index contributed by atoms with van der Waals surface area (Å²) < 4.78 is 10.4. The molecular weight excluding hydrogens is 222 g/mol. The van der Waals surface area contributed by atoms with E-state index in [1.807, 2.05) is 0 Å². The SMILES string of the molecule is COC1CCC(NCc2occc2C(=O)O)C1. The molecule has 94 valence electrons. The molecule has 0 aromatic carbocycles. The van der Waals surface area contributed by atoms with E-state index in [1.54, 1.807) is 7.11 Å². The summed E-state index contributed by atoms with van der Waals surface area (Å²) in [5.74, 6) is -0.463. The fraction of sp³-hybridized carbons (Fsp3) is 0.583. The molecule has 2 rings (SSSR count). The Hall–Kier alpha value is -1.33. The summed E-state index contributed by atoms with van der Waals surface area (Å²) in [5.41, 5.74) is 0.235. The van der Waals surface area contributed by atoms with Gasteiger partial charge < -0.3 is 19.6 Å². The van der Waals surface area contributed by atoms with Crippen molar-refractivity contribution in [2.24, 2.45) is 0 Å². The van der Waals surface area contributed by atoms with Crippen molar-refractivity contribution in [3.05, 3.63) is 23.7 Å². The van der Waals surface area contributed by atoms with Crippen LogP contribution >= 0.6 is 0 Å². The molecule has 0 bridgehead atoms. The van der Waals surface area contributed by atoms with Crippen LogP contribution in [0.5, 0.6) is 0 Å². The molecule has 1 heterocycles. The highest BCUT2D eigenvalue weighted by molar-refractivity contribution is 5.88. The van der Waals surface area contributed by atoms with Crippen LogP contribution in [-0.2, 0) is 11.3 Å². The molecule has 0 aliphatic heterocycles. The van der Waals surface area contributed by atoms with E-state index in [2.05, 4.69) is 5.32 Å². The number of ether oxygens (including phenoxy) is 1. The number of methoxy groups -OCH3 is 1. The Morgan fingerprint density at radius 3 is 3.12 bits per heavy atom. The zero-order chi connectivity index (χ0) is 12.3. The van der Waals surface area contributed by atoms with Gasteiger partial charge in [0.15, 0.2) is 0 Å². The number of hydrogen-bond acceptors (Lipinski definition) is 4. The number of carbonyl (C=O) groups is 1. The van der Waals surface area contributed by atoms with Crippen molar-refractivity contribution in [1.29, 1.82) is 0 Å². The van der Waals surface area contributed by atoms with Gasteiger partial charge in [-0.3, -0.25) is 0 Å². The van der Waals surface area contributed by atoms with Crippen LogP contribution in [-0.4, -0.2) is 30.3 Å². The molecule has 17 heavy (non-hydrogen) atoms. The third-order valence-electron chi connectivity index (χ3n) is 3.24. The summed E-state index contributed by atoms with van der Waals surface area (Å²) in [4.78, 5) is 10.9. The number of hydrogen-bond donors (Lipinski definition) is 2. The predicted molar refractivity (Wildman–Crippen MR) is 60.9 cm³/mol. The lowest BCUT2D eigenvalue weighted by Gasteiger charge is -2.11. The van der Waals surface area contributed by atoms with E-state index >= 15 is 0 Å². The van der Waals surface area contributed by atoms with Crippen molar-refractivity contribution in [3.63, 3.8) is 0 Å². The third kappa shape index (κ3) is 2.87. The standard InChI is InChI=1S/C12H17NO4/c1-16-9-3-2-8(6-9)13-7-11-10(12(14)15)4-5-17-11/h4-5,8-9,13H,2-3,6-7H2,1H3,(H,14,15). The van der Waals surface area contributed by atoms with Crippen LogP contribution in [0.3, 0.4) is 0 Å². The van der Waals surface area contributed by atoms with Gasteiger partial charge in [-0.15, -0.1) is 0 Å². The Balaban J connectivity index is 1.86. The first kappa shape index (κ1) is 12.1. The molecule has 1 aromatic rings. The Kier molecular flexibility index (Phi) is 3.81. The van der Waals surface area contributed by atoms with Crippen molar-refractivity contribution in [3.8, 4) is 0 Å². The second kappa shape index (κ2) is 5.33. The molecule has 0 radical (unpaired) electrons. The van der Waals surface area contributed by atoms with Gasteiger partial charge in [0.1, 0.15) is 11.3 Å². The van der Waals surface area contributed by atoms with Crippen LogP contribution in [0.25, 0.3) is 0 Å². The number of furan rings is 1. The quantitative estimate of drug-likeness (QED) is 0.817. The monoisotopic (exact) mass is 239 g/mol. The predicted octanol–water partition coefficient (Wildman–Crippen LogP) is 1.63. The fourth-order valence-electron chi connectivity index (χ4n) is 2.24. The molecule has 2 N–H and O–H groups in total. The van der Waals surface area contributed by atoms with E-state index in [0.717, 1.165) is 19.3 Å². The van der Waals surface area contributed by atoms with Gasteiger partial charge in [-0.25, -0.2) is 4.79 Å². The van der Waals surface area contributed by atoms with E-state index in [1.165, 1.54) is 12.3 Å². The lowest BCUT2D eigenvalue weighted by atomic mass is 10.2. The van der Waals surface area contributed by atoms with Gasteiger partial charge >= 0.3 is 5.97 Å². The van der Waals surface area contributed by atoms with Crippen molar-refractivity contribution in [1.82, 2.24) is 5.32 Å². The molecule has 0 saturated heterocycles. The molecule has 2 unspecified atom stereocenters. The normalized spacial score (nSPS) is 24.1. The van der Waals surface area contributed by atoms with E-state index in [0.29, 0.717) is 24.5 Å². The molecule has 0 spiro atoms. The maximum absolute atomic E-state index is 10.9. The van der Waals surface area contributed by atoms with Crippen molar-refractivity contribution >= 4 is 5.97 Å². The first-order chi connectivity index (χ1) is 8.20. The first-order valence-electron chi connectivity index (χ1n) is 5.76. The fourth-order valence-corrected chi connectivity index (χ4v) is 2.24. The molecule has 1 saturated carbocycles. The topological polar surface area (TPSA) is 71.7 Å². The van der Waals surface area contributed by atoms with Crippen LogP contribution in [0.4, 0.5) is 0 Å². The van der Waals surface area contributed by atoms with Crippen LogP contribution in [0, 0.1) is 0 Å². The Morgan fingerprint density at radius 1 is 1.65 bits per heavy atom. The Labute approximate surface area is 99.8 Å². The van der Waals surface area contributed by atoms with Crippen molar-refractivity contribution in [2.75, 3.05) is 7.11 Å². The lowest BCUT2D eigenvalue weighted by Crippen LogP contribution is -2.27. The van der Waals surface area contributed by atoms with Crippen molar-refractivity contribution in [2.45, 2.75) is 38.0 Å². The highest BCUT2D eigenvalue weighted by Crippen LogP contribution is 2.22. The first-order valence-corrected chi connectivity index (χ1v) is 5.76. The zero-order valence-electron chi connectivity index (χ0n) is 9.81. The lowest BCUT2D eigenvalue weighted by molar-refractivity contribution is 0.0694. The molecule has 1 aliphatic rings. The maximum atomic E-state index is 10.9. The van der Waals surface area contributed by atoms with Gasteiger partial charge in [-0.2, -0.15) is 0 Å². The van der Waals surface area contributed by atoms with E-state index < -0.39 is 5.97 Å². The summed E-state index contributed by atoms with van der Waals surface area (Å²) in [5, 5.41) is 12.2. The van der Waals surface area contributed by atoms with Crippen LogP contribution in [0.1, 0.15) is 35.4 Å². The van der Waals surface area contributed by atoms with E-state index in [9.17, 15) is 4.79 Å². The summed E-state index contributed by atoms with van der Waals surface area (Å²) in [6.45, 7) is 0.454. The minimum atomic E-state index is -0.947. The largest absolute Gasteiger partial charge is 0.478 e. The molecule has 1 fully saturated rings. The van der Waals surface area contributed by atoms with Gasteiger partial charge in [-0.05, 0) is 25.3 Å². The Bertz CT molecular complexity index is 388. The van der Waals surface area contributed by atoms with Gasteiger partial charge in [0.2, 0.25) is 0 Å². The molecule has 5 nitrogen and oxygen atoms in total. The highest BCUT2D eigenvalue weighted by atomic mass is 16.5. The van der Waals surface area contributed by atoms with E-state index in [-0.39, 0.29) is 5.56 Å². The van der Waals surface area contributed by atoms with Gasteiger partial charge in [0, 0.05) is 13.2 Å². The zero-order valence-corrected chi connectivity index (χ0v) is 9.81. The number of nitrogens with one attached hydrogen (secondary N) is 1. The number of carboxylic acids is 1. The average Bonchev–Trinajstić information content (AvgIpc) is 2.95. The minimum Gasteiger partial charge on any atom is -0.478 e. The van der Waals surface area contributed by atoms with Crippen LogP contribution in [0.2, 0.25) is 0 Å². The maximum Gasteiger partial charge on any atom is 0.339 e. The van der Waals surface area contributed by atoms with Gasteiger partial charge in [0.05, 0.1) is 18.9 Å². The average molecular weight is 239 g/mol.